The van der Waals surface area contributed by atoms with Crippen molar-refractivity contribution in [3.05, 3.63) is 64.7 Å². The number of halogens is 1. The van der Waals surface area contributed by atoms with E-state index >= 15 is 0 Å². The fourth-order valence-corrected chi connectivity index (χ4v) is 8.50. The normalized spacial score (nSPS) is 32.0. The number of amides is 1. The summed E-state index contributed by atoms with van der Waals surface area (Å²) in [6.45, 7) is 3.94. The van der Waals surface area contributed by atoms with Gasteiger partial charge in [0.15, 0.2) is 0 Å². The molecule has 0 radical (unpaired) electrons. The van der Waals surface area contributed by atoms with Crippen molar-refractivity contribution >= 4 is 33.2 Å². The first-order valence-corrected chi connectivity index (χ1v) is 16.6. The summed E-state index contributed by atoms with van der Waals surface area (Å²) in [7, 11) is -2.27. The summed E-state index contributed by atoms with van der Waals surface area (Å²) in [6, 6.07) is 11.2. The van der Waals surface area contributed by atoms with Crippen LogP contribution in [-0.2, 0) is 31.4 Å². The van der Waals surface area contributed by atoms with Crippen LogP contribution in [0.5, 0.6) is 5.75 Å². The Morgan fingerprint density at radius 3 is 2.80 bits per heavy atom. The third-order valence-corrected chi connectivity index (χ3v) is 11.2. The van der Waals surface area contributed by atoms with Gasteiger partial charge in [-0.25, -0.2) is 13.1 Å². The van der Waals surface area contributed by atoms with E-state index in [0.29, 0.717) is 37.2 Å². The summed E-state index contributed by atoms with van der Waals surface area (Å²) in [6.07, 6.45) is 10.2. The third kappa shape index (κ3) is 5.63. The molecule has 2 aliphatic carbocycles. The molecule has 2 aromatic carbocycles. The van der Waals surface area contributed by atoms with Crippen LogP contribution in [-0.4, -0.2) is 47.2 Å². The van der Waals surface area contributed by atoms with Crippen LogP contribution in [0.2, 0.25) is 5.02 Å². The minimum atomic E-state index is -4.04. The first kappa shape index (κ1) is 28.6. The molecule has 0 saturated heterocycles. The zero-order valence-corrected chi connectivity index (χ0v) is 25.3. The zero-order chi connectivity index (χ0) is 28.8. The van der Waals surface area contributed by atoms with Gasteiger partial charge >= 0.3 is 0 Å². The minimum absolute atomic E-state index is 0.00333. The Bertz CT molecular complexity index is 1460. The zero-order valence-electron chi connectivity index (χ0n) is 23.8. The molecular formula is C32H39ClN2O5S. The highest BCUT2D eigenvalue weighted by Crippen LogP contribution is 2.47. The van der Waals surface area contributed by atoms with E-state index in [1.807, 2.05) is 13.0 Å². The van der Waals surface area contributed by atoms with Crippen LogP contribution in [0.15, 0.2) is 53.4 Å². The monoisotopic (exact) mass is 598 g/mol. The summed E-state index contributed by atoms with van der Waals surface area (Å²) in [4.78, 5) is 15.1. The van der Waals surface area contributed by atoms with Crippen LogP contribution in [0, 0.1) is 17.8 Å². The van der Waals surface area contributed by atoms with Crippen LogP contribution in [0.3, 0.4) is 0 Å². The van der Waals surface area contributed by atoms with Gasteiger partial charge in [-0.2, -0.15) is 0 Å². The van der Waals surface area contributed by atoms with E-state index in [1.54, 1.807) is 25.3 Å². The van der Waals surface area contributed by atoms with Gasteiger partial charge in [0.2, 0.25) is 5.91 Å². The highest BCUT2D eigenvalue weighted by atomic mass is 35.5. The van der Waals surface area contributed by atoms with Crippen molar-refractivity contribution in [2.24, 2.45) is 17.8 Å². The van der Waals surface area contributed by atoms with Gasteiger partial charge in [0.05, 0.1) is 23.3 Å². The molecule has 0 unspecified atom stereocenters. The fraction of sp³-hybridized carbons (Fsp3) is 0.531. The molecule has 1 spiro atoms. The SMILES string of the molecule is CO[C@H]1/C=C/C[C@@H](C)CC(=O)NS(=O)(=O)c2ccc3c(c2)N(C[C@@H]2CC[C@H]21)C[C@@]1(CCCc2cc(Cl)ccc21)CO3. The predicted molar refractivity (Wildman–Crippen MR) is 160 cm³/mol. The first-order chi connectivity index (χ1) is 19.7. The lowest BCUT2D eigenvalue weighted by Gasteiger charge is -2.46. The van der Waals surface area contributed by atoms with Crippen LogP contribution >= 0.6 is 11.6 Å². The first-order valence-electron chi connectivity index (χ1n) is 14.7. The Balaban J connectivity index is 1.43. The molecule has 1 saturated carbocycles. The van der Waals surface area contributed by atoms with Crippen molar-refractivity contribution in [1.82, 2.24) is 4.72 Å². The van der Waals surface area contributed by atoms with E-state index in [9.17, 15) is 13.2 Å². The number of nitrogens with zero attached hydrogens (tertiary/aromatic N) is 1. The molecule has 41 heavy (non-hydrogen) atoms. The molecule has 7 nitrogen and oxygen atoms in total. The largest absolute Gasteiger partial charge is 0.490 e. The molecule has 0 aromatic heterocycles. The van der Waals surface area contributed by atoms with Crippen LogP contribution in [0.25, 0.3) is 0 Å². The topological polar surface area (TPSA) is 84.9 Å². The van der Waals surface area contributed by atoms with Gasteiger partial charge < -0.3 is 14.4 Å². The number of aryl methyl sites for hydroxylation is 1. The molecule has 9 heteroatoms. The summed E-state index contributed by atoms with van der Waals surface area (Å²) >= 11 is 6.39. The van der Waals surface area contributed by atoms with Crippen molar-refractivity contribution in [3.63, 3.8) is 0 Å². The van der Waals surface area contributed by atoms with Gasteiger partial charge in [-0.05, 0) is 97.7 Å². The van der Waals surface area contributed by atoms with Crippen LogP contribution in [0.1, 0.15) is 56.6 Å². The highest BCUT2D eigenvalue weighted by Gasteiger charge is 2.44. The molecule has 2 heterocycles. The van der Waals surface area contributed by atoms with Crippen LogP contribution in [0.4, 0.5) is 5.69 Å². The summed E-state index contributed by atoms with van der Waals surface area (Å²) in [5, 5.41) is 0.742. The van der Waals surface area contributed by atoms with Crippen molar-refractivity contribution in [1.29, 1.82) is 0 Å². The van der Waals surface area contributed by atoms with E-state index in [-0.39, 0.29) is 28.8 Å². The van der Waals surface area contributed by atoms with E-state index in [0.717, 1.165) is 49.4 Å². The minimum Gasteiger partial charge on any atom is -0.490 e. The molecule has 6 rings (SSSR count). The maximum absolute atomic E-state index is 13.4. The summed E-state index contributed by atoms with van der Waals surface area (Å²) in [5.41, 5.74) is 3.04. The maximum Gasteiger partial charge on any atom is 0.264 e. The molecule has 1 fully saturated rings. The lowest BCUT2D eigenvalue weighted by Crippen LogP contribution is -2.49. The smallest absolute Gasteiger partial charge is 0.264 e. The number of anilines is 1. The Morgan fingerprint density at radius 2 is 2.02 bits per heavy atom. The van der Waals surface area contributed by atoms with E-state index < -0.39 is 15.9 Å². The van der Waals surface area contributed by atoms with Gasteiger partial charge in [0.25, 0.3) is 10.0 Å². The number of rotatable bonds is 1. The average Bonchev–Trinajstić information content (AvgIpc) is 3.06. The standard InChI is InChI=1S/C32H39ClN2O5S/c1-21-5-3-7-29(39-2)26-11-8-23(26)18-35-19-32(14-4-6-22-16-24(33)9-12-27(22)32)20-40-30-13-10-25(17-28(30)35)41(37,38)34-31(36)15-21/h3,7,9-10,12-13,16-17,21,23,26,29H,4-6,8,11,14-15,18-20H2,1-2H3,(H,34,36)/b7-3+/t21-,23+,26-,29+,32+/m1/s1. The van der Waals surface area contributed by atoms with Gasteiger partial charge in [0.1, 0.15) is 5.75 Å². The number of methoxy groups -OCH3 is 1. The van der Waals surface area contributed by atoms with Crippen molar-refractivity contribution < 1.29 is 22.7 Å². The fourth-order valence-electron chi connectivity index (χ4n) is 7.29. The second-order valence-electron chi connectivity index (χ2n) is 12.4. The molecule has 5 atom stereocenters. The molecule has 1 amide bonds. The number of sulfonamides is 1. The van der Waals surface area contributed by atoms with Gasteiger partial charge in [0, 0.05) is 37.1 Å². The van der Waals surface area contributed by atoms with E-state index in [4.69, 9.17) is 21.1 Å². The molecule has 4 aliphatic rings. The van der Waals surface area contributed by atoms with Crippen molar-refractivity contribution in [2.75, 3.05) is 31.7 Å². The van der Waals surface area contributed by atoms with Crippen LogP contribution < -0.4 is 14.4 Å². The van der Waals surface area contributed by atoms with Crippen molar-refractivity contribution in [2.45, 2.75) is 68.3 Å². The maximum atomic E-state index is 13.4. The Hall–Kier alpha value is -2.55. The quantitative estimate of drug-likeness (QED) is 0.427. The lowest BCUT2D eigenvalue weighted by atomic mass is 9.68. The number of nitrogens with one attached hydrogen (secondary N) is 1. The predicted octanol–water partition coefficient (Wildman–Crippen LogP) is 5.65. The number of hydrogen-bond acceptors (Lipinski definition) is 6. The lowest BCUT2D eigenvalue weighted by molar-refractivity contribution is -0.120. The number of benzene rings is 2. The molecule has 220 valence electrons. The van der Waals surface area contributed by atoms with E-state index in [1.165, 1.54) is 11.1 Å². The highest BCUT2D eigenvalue weighted by molar-refractivity contribution is 7.90. The van der Waals surface area contributed by atoms with E-state index in [2.05, 4.69) is 33.9 Å². The third-order valence-electron chi connectivity index (χ3n) is 9.59. The molecule has 2 aromatic rings. The number of hydrogen-bond donors (Lipinski definition) is 1. The number of fused-ring (bicyclic) bond motifs is 4. The second-order valence-corrected chi connectivity index (χ2v) is 14.6. The molecule has 2 aliphatic heterocycles. The molecule has 2 bridgehead atoms. The number of carbonyl (C=O) groups excluding carboxylic acids is 1. The Morgan fingerprint density at radius 1 is 1.17 bits per heavy atom. The van der Waals surface area contributed by atoms with Crippen molar-refractivity contribution in [3.8, 4) is 5.75 Å². The molecular weight excluding hydrogens is 560 g/mol. The summed E-state index contributed by atoms with van der Waals surface area (Å²) < 4.78 is 41.5. The number of ether oxygens (including phenoxy) is 2. The number of allylic oxidation sites excluding steroid dienone is 1. The Labute approximate surface area is 248 Å². The number of carbonyl (C=O) groups is 1. The Kier molecular flexibility index (Phi) is 7.85. The van der Waals surface area contributed by atoms with Gasteiger partial charge in [-0.15, -0.1) is 0 Å². The molecule has 1 N–H and O–H groups in total. The second kappa shape index (κ2) is 11.3. The van der Waals surface area contributed by atoms with Gasteiger partial charge in [-0.1, -0.05) is 36.7 Å². The van der Waals surface area contributed by atoms with Gasteiger partial charge in [-0.3, -0.25) is 4.79 Å². The average molecular weight is 599 g/mol. The summed E-state index contributed by atoms with van der Waals surface area (Å²) in [5.74, 6) is 0.938.